The van der Waals surface area contributed by atoms with Crippen LogP contribution in [-0.4, -0.2) is 28.3 Å². The number of ether oxygens (including phenoxy) is 1. The van der Waals surface area contributed by atoms with Gasteiger partial charge < -0.3 is 14.9 Å². The first kappa shape index (κ1) is 21.3. The van der Waals surface area contributed by atoms with Crippen molar-refractivity contribution in [2.75, 3.05) is 0 Å². The molecule has 0 amide bonds. The summed E-state index contributed by atoms with van der Waals surface area (Å²) in [6.07, 6.45) is 5.45. The minimum absolute atomic E-state index is 0.0469. The Morgan fingerprint density at radius 1 is 1.37 bits per heavy atom. The Morgan fingerprint density at radius 2 is 2.00 bits per heavy atom. The molecule has 5 nitrogen and oxygen atoms in total. The van der Waals surface area contributed by atoms with E-state index in [1.54, 1.807) is 0 Å². The molecule has 0 radical (unpaired) electrons. The fourth-order valence-corrected chi connectivity index (χ4v) is 5.06. The van der Waals surface area contributed by atoms with Crippen molar-refractivity contribution >= 4 is 11.9 Å². The molecule has 0 heterocycles. The van der Waals surface area contributed by atoms with Crippen LogP contribution < -0.4 is 0 Å². The smallest absolute Gasteiger partial charge is 0.328 e. The lowest BCUT2D eigenvalue weighted by molar-refractivity contribution is -0.165. The lowest BCUT2D eigenvalue weighted by Gasteiger charge is -2.59. The van der Waals surface area contributed by atoms with Gasteiger partial charge in [-0.05, 0) is 54.9 Å². The second-order valence-electron chi connectivity index (χ2n) is 8.81. The van der Waals surface area contributed by atoms with Crippen molar-refractivity contribution in [2.45, 2.75) is 66.4 Å². The predicted molar refractivity (Wildman–Crippen MR) is 104 cm³/mol. The van der Waals surface area contributed by atoms with Crippen LogP contribution in [0.1, 0.15) is 60.3 Å². The zero-order valence-electron chi connectivity index (χ0n) is 17.0. The zero-order valence-corrected chi connectivity index (χ0v) is 17.0. The number of carboxylic acids is 1. The summed E-state index contributed by atoms with van der Waals surface area (Å²) in [7, 11) is 0. The summed E-state index contributed by atoms with van der Waals surface area (Å²) in [4.78, 5) is 22.6. The van der Waals surface area contributed by atoms with Crippen molar-refractivity contribution in [3.63, 3.8) is 0 Å². The number of aliphatic hydroxyl groups excluding tert-OH is 1. The van der Waals surface area contributed by atoms with Crippen molar-refractivity contribution in [3.05, 3.63) is 35.6 Å². The molecular weight excluding hydrogens is 344 g/mol. The quantitative estimate of drug-likeness (QED) is 0.409. The molecule has 1 fully saturated rings. The van der Waals surface area contributed by atoms with E-state index in [-0.39, 0.29) is 34.7 Å². The molecule has 0 unspecified atom stereocenters. The Bertz CT molecular complexity index is 703. The van der Waals surface area contributed by atoms with Crippen LogP contribution in [0.2, 0.25) is 0 Å². The molecule has 2 aliphatic rings. The minimum Gasteiger partial charge on any atom is -0.512 e. The van der Waals surface area contributed by atoms with Crippen LogP contribution in [0.4, 0.5) is 0 Å². The van der Waals surface area contributed by atoms with Crippen molar-refractivity contribution in [1.82, 2.24) is 0 Å². The van der Waals surface area contributed by atoms with Gasteiger partial charge in [0.1, 0.15) is 6.10 Å². The van der Waals surface area contributed by atoms with E-state index in [0.29, 0.717) is 25.0 Å². The van der Waals surface area contributed by atoms with E-state index in [1.807, 2.05) is 13.0 Å². The molecular formula is C22H32O5. The number of esters is 1. The number of carbonyl (C=O) groups excluding carboxylic acids is 1. The number of fused-ring (bicyclic) bond motifs is 1. The Morgan fingerprint density at radius 3 is 2.56 bits per heavy atom. The molecule has 2 aliphatic carbocycles. The molecule has 0 bridgehead atoms. The van der Waals surface area contributed by atoms with E-state index < -0.39 is 5.97 Å². The highest BCUT2D eigenvalue weighted by Gasteiger charge is 2.57. The van der Waals surface area contributed by atoms with Crippen LogP contribution in [0.3, 0.4) is 0 Å². The van der Waals surface area contributed by atoms with Crippen molar-refractivity contribution in [1.29, 1.82) is 0 Å². The fraction of sp³-hybridized carbons (Fsp3) is 0.636. The van der Waals surface area contributed by atoms with E-state index in [2.05, 4.69) is 27.4 Å². The highest BCUT2D eigenvalue weighted by atomic mass is 16.5. The van der Waals surface area contributed by atoms with Crippen molar-refractivity contribution < 1.29 is 24.5 Å². The Hall–Kier alpha value is -2.04. The molecule has 0 spiro atoms. The molecule has 0 aliphatic heterocycles. The maximum absolute atomic E-state index is 11.7. The first-order valence-corrected chi connectivity index (χ1v) is 9.55. The number of carboxylic acid groups (broad SMARTS) is 1. The van der Waals surface area contributed by atoms with Crippen LogP contribution in [0.25, 0.3) is 0 Å². The van der Waals surface area contributed by atoms with Crippen LogP contribution in [0, 0.1) is 22.7 Å². The van der Waals surface area contributed by atoms with Crippen LogP contribution >= 0.6 is 0 Å². The monoisotopic (exact) mass is 376 g/mol. The standard InChI is InChI=1S/C22H32O5/c1-13(9-20(25)26)7-8-21(5)15(3)18(27-16(4)23)12-22(6)14(2)10-17(24)11-19(21)22/h9,11,15,18-19,24H,2,7-8,10,12H2,1,3-6H3,(H,25,26)/b13-9+/t15-,18+,19-,21+,22-/m1/s1. The lowest BCUT2D eigenvalue weighted by atomic mass is 9.46. The van der Waals surface area contributed by atoms with Crippen molar-refractivity contribution in [2.24, 2.45) is 22.7 Å². The van der Waals surface area contributed by atoms with Gasteiger partial charge in [-0.15, -0.1) is 0 Å². The number of hydrogen-bond donors (Lipinski definition) is 2. The molecule has 5 heteroatoms. The lowest BCUT2D eigenvalue weighted by Crippen LogP contribution is -2.55. The van der Waals surface area contributed by atoms with Gasteiger partial charge in [-0.3, -0.25) is 4.79 Å². The van der Waals surface area contributed by atoms with E-state index in [9.17, 15) is 14.7 Å². The molecule has 150 valence electrons. The average molecular weight is 376 g/mol. The summed E-state index contributed by atoms with van der Waals surface area (Å²) >= 11 is 0. The predicted octanol–water partition coefficient (Wildman–Crippen LogP) is 4.80. The SMILES string of the molecule is C=C1CC(O)=C[C@@H]2[C@@](C)(CC/C(C)=C/C(=O)O)[C@H](C)[C@@H](OC(C)=O)C[C@]12C. The topological polar surface area (TPSA) is 83.8 Å². The normalized spacial score (nSPS) is 36.6. The summed E-state index contributed by atoms with van der Waals surface area (Å²) in [5, 5.41) is 19.3. The van der Waals surface area contributed by atoms with Gasteiger partial charge in [0.15, 0.2) is 0 Å². The molecule has 0 aromatic carbocycles. The van der Waals surface area contributed by atoms with Crippen LogP contribution in [0.5, 0.6) is 0 Å². The summed E-state index contributed by atoms with van der Waals surface area (Å²) in [6.45, 7) is 13.9. The van der Waals surface area contributed by atoms with E-state index in [4.69, 9.17) is 9.84 Å². The first-order chi connectivity index (χ1) is 12.4. The Kier molecular flexibility index (Phi) is 5.93. The van der Waals surface area contributed by atoms with Gasteiger partial charge >= 0.3 is 11.9 Å². The van der Waals surface area contributed by atoms with Gasteiger partial charge in [-0.25, -0.2) is 4.79 Å². The number of hydrogen-bond acceptors (Lipinski definition) is 4. The molecule has 5 atom stereocenters. The maximum atomic E-state index is 11.7. The van der Waals surface area contributed by atoms with E-state index in [1.165, 1.54) is 13.0 Å². The molecule has 0 saturated heterocycles. The summed E-state index contributed by atoms with van der Waals surface area (Å²) in [6, 6.07) is 0. The number of aliphatic hydroxyl groups is 1. The molecule has 2 N–H and O–H groups in total. The summed E-state index contributed by atoms with van der Waals surface area (Å²) < 4.78 is 5.69. The van der Waals surface area contributed by atoms with Crippen LogP contribution in [0.15, 0.2) is 35.6 Å². The first-order valence-electron chi connectivity index (χ1n) is 9.55. The summed E-state index contributed by atoms with van der Waals surface area (Å²) in [5.74, 6) is -0.791. The van der Waals surface area contributed by atoms with Gasteiger partial charge in [-0.2, -0.15) is 0 Å². The molecule has 2 rings (SSSR count). The van der Waals surface area contributed by atoms with E-state index in [0.717, 1.165) is 17.6 Å². The molecule has 0 aromatic heterocycles. The Labute approximate surface area is 161 Å². The highest BCUT2D eigenvalue weighted by molar-refractivity contribution is 5.80. The van der Waals surface area contributed by atoms with Gasteiger partial charge in [0.05, 0.1) is 5.76 Å². The third-order valence-electron chi connectivity index (χ3n) is 6.93. The van der Waals surface area contributed by atoms with Gasteiger partial charge in [0, 0.05) is 19.4 Å². The zero-order chi connectivity index (χ0) is 20.6. The van der Waals surface area contributed by atoms with E-state index >= 15 is 0 Å². The Balaban J connectivity index is 2.44. The van der Waals surface area contributed by atoms with Crippen molar-refractivity contribution in [3.8, 4) is 0 Å². The molecule has 0 aromatic rings. The maximum Gasteiger partial charge on any atom is 0.328 e. The second-order valence-corrected chi connectivity index (χ2v) is 8.81. The number of rotatable bonds is 5. The highest BCUT2D eigenvalue weighted by Crippen LogP contribution is 2.62. The third kappa shape index (κ3) is 4.12. The molecule has 27 heavy (non-hydrogen) atoms. The van der Waals surface area contributed by atoms with Gasteiger partial charge in [0.25, 0.3) is 0 Å². The molecule has 1 saturated carbocycles. The van der Waals surface area contributed by atoms with Gasteiger partial charge in [-0.1, -0.05) is 38.5 Å². The largest absolute Gasteiger partial charge is 0.512 e. The second kappa shape index (κ2) is 7.53. The van der Waals surface area contributed by atoms with Crippen LogP contribution in [-0.2, 0) is 14.3 Å². The summed E-state index contributed by atoms with van der Waals surface area (Å²) in [5.41, 5.74) is 1.20. The number of allylic oxidation sites excluding steroid dienone is 3. The third-order valence-corrected chi connectivity index (χ3v) is 6.93. The number of aliphatic carboxylic acids is 1. The average Bonchev–Trinajstić information content (AvgIpc) is 2.53. The fourth-order valence-electron chi connectivity index (χ4n) is 5.06. The minimum atomic E-state index is -0.944. The number of carbonyl (C=O) groups is 2. The van der Waals surface area contributed by atoms with Gasteiger partial charge in [0.2, 0.25) is 0 Å².